The van der Waals surface area contributed by atoms with Crippen LogP contribution in [0.4, 0.5) is 0 Å². The predicted octanol–water partition coefficient (Wildman–Crippen LogP) is 2.78. The van der Waals surface area contributed by atoms with Gasteiger partial charge in [0.2, 0.25) is 0 Å². The smallest absolute Gasteiger partial charge is 0.00860 e. The highest BCUT2D eigenvalue weighted by Crippen LogP contribution is 1.95. The van der Waals surface area contributed by atoms with Crippen molar-refractivity contribution in [2.45, 2.75) is 32.6 Å². The molecule has 0 nitrogen and oxygen atoms in total. The monoisotopic (exact) mass is 176 g/mol. The molecule has 0 saturated carbocycles. The molecule has 0 aromatic rings. The summed E-state index contributed by atoms with van der Waals surface area (Å²) in [4.78, 5) is 0. The molecule has 0 fully saturated rings. The van der Waals surface area contributed by atoms with Gasteiger partial charge in [-0.1, -0.05) is 19.8 Å². The summed E-state index contributed by atoms with van der Waals surface area (Å²) in [6.07, 6.45) is 9.72. The normalized spacial score (nSPS) is 7.00. The molecule has 0 aromatic heterocycles. The van der Waals surface area contributed by atoms with Gasteiger partial charge in [0, 0.05) is 6.42 Å². The Hall–Kier alpha value is 0.0400. The molecule has 0 heterocycles. The van der Waals surface area contributed by atoms with Crippen molar-refractivity contribution < 1.29 is 0 Å². The number of unbranched alkanes of at least 4 members (excludes halogenated alkanes) is 3. The number of halogens is 1. The summed E-state index contributed by atoms with van der Waals surface area (Å²) >= 11 is 0. The maximum atomic E-state index is 5.02. The first-order chi connectivity index (χ1) is 3.41. The lowest BCUT2D eigenvalue weighted by Gasteiger charge is -1.86. The van der Waals surface area contributed by atoms with Gasteiger partial charge in [-0.2, -0.15) is 0 Å². The zero-order valence-corrected chi connectivity index (χ0v) is 7.03. The Balaban J connectivity index is 0. The van der Waals surface area contributed by atoms with Crippen molar-refractivity contribution in [1.29, 1.82) is 0 Å². The summed E-state index contributed by atoms with van der Waals surface area (Å²) in [5.74, 6) is 2.60. The van der Waals surface area contributed by atoms with Crippen LogP contribution in [0.3, 0.4) is 0 Å². The molecule has 0 aromatic carbocycles. The molecule has 0 aliphatic rings. The minimum absolute atomic E-state index is 0. The molecular formula is C7H13Br. The molecule has 0 spiro atoms. The summed E-state index contributed by atoms with van der Waals surface area (Å²) < 4.78 is 0. The van der Waals surface area contributed by atoms with Gasteiger partial charge in [0.25, 0.3) is 0 Å². The van der Waals surface area contributed by atoms with Crippen LogP contribution in [0.25, 0.3) is 0 Å². The number of hydrogen-bond acceptors (Lipinski definition) is 0. The Kier molecular flexibility index (Phi) is 13.8. The molecule has 0 bridgehead atoms. The topological polar surface area (TPSA) is 0 Å². The second-order valence-electron chi connectivity index (χ2n) is 1.66. The van der Waals surface area contributed by atoms with E-state index in [4.69, 9.17) is 6.42 Å². The maximum absolute atomic E-state index is 5.02. The highest BCUT2D eigenvalue weighted by atomic mass is 79.9. The minimum atomic E-state index is 0. The molecule has 0 N–H and O–H groups in total. The minimum Gasteiger partial charge on any atom is -0.120 e. The van der Waals surface area contributed by atoms with Crippen LogP contribution < -0.4 is 0 Å². The molecule has 0 radical (unpaired) electrons. The second kappa shape index (κ2) is 10.1. The van der Waals surface area contributed by atoms with Gasteiger partial charge in [-0.05, 0) is 6.42 Å². The molecule has 48 valence electrons. The first kappa shape index (κ1) is 10.9. The Morgan fingerprint density at radius 1 is 1.38 bits per heavy atom. The zero-order chi connectivity index (χ0) is 5.54. The quantitative estimate of drug-likeness (QED) is 0.459. The van der Waals surface area contributed by atoms with E-state index in [-0.39, 0.29) is 17.0 Å². The van der Waals surface area contributed by atoms with Gasteiger partial charge in [-0.15, -0.1) is 29.3 Å². The molecule has 0 unspecified atom stereocenters. The third kappa shape index (κ3) is 9.40. The van der Waals surface area contributed by atoms with Crippen LogP contribution in [0, 0.1) is 12.3 Å². The zero-order valence-electron chi connectivity index (χ0n) is 5.31. The molecule has 8 heavy (non-hydrogen) atoms. The van der Waals surface area contributed by atoms with Gasteiger partial charge in [-0.25, -0.2) is 0 Å². The van der Waals surface area contributed by atoms with E-state index in [0.717, 1.165) is 6.42 Å². The molecular weight excluding hydrogens is 164 g/mol. The van der Waals surface area contributed by atoms with Crippen LogP contribution in [-0.4, -0.2) is 0 Å². The first-order valence-corrected chi connectivity index (χ1v) is 2.85. The van der Waals surface area contributed by atoms with Gasteiger partial charge in [0.15, 0.2) is 0 Å². The number of rotatable bonds is 3. The maximum Gasteiger partial charge on any atom is 0.00860 e. The van der Waals surface area contributed by atoms with Crippen LogP contribution in [0.1, 0.15) is 32.6 Å². The van der Waals surface area contributed by atoms with Crippen LogP contribution in [0.2, 0.25) is 0 Å². The van der Waals surface area contributed by atoms with Crippen molar-refractivity contribution in [3.05, 3.63) is 0 Å². The van der Waals surface area contributed by atoms with Gasteiger partial charge in [-0.3, -0.25) is 0 Å². The van der Waals surface area contributed by atoms with Crippen molar-refractivity contribution in [2.75, 3.05) is 0 Å². The van der Waals surface area contributed by atoms with Crippen LogP contribution in [0.5, 0.6) is 0 Å². The van der Waals surface area contributed by atoms with E-state index < -0.39 is 0 Å². The van der Waals surface area contributed by atoms with Gasteiger partial charge in [0.1, 0.15) is 0 Å². The fourth-order valence-corrected chi connectivity index (χ4v) is 0.477. The third-order valence-electron chi connectivity index (χ3n) is 0.925. The van der Waals surface area contributed by atoms with Crippen molar-refractivity contribution in [1.82, 2.24) is 0 Å². The van der Waals surface area contributed by atoms with Crippen LogP contribution >= 0.6 is 17.0 Å². The highest BCUT2D eigenvalue weighted by molar-refractivity contribution is 8.93. The molecule has 0 aliphatic carbocycles. The van der Waals surface area contributed by atoms with Crippen molar-refractivity contribution in [3.63, 3.8) is 0 Å². The van der Waals surface area contributed by atoms with Crippen molar-refractivity contribution >= 4 is 17.0 Å². The van der Waals surface area contributed by atoms with E-state index in [2.05, 4.69) is 12.8 Å². The van der Waals surface area contributed by atoms with Gasteiger partial charge in [0.05, 0.1) is 0 Å². The molecule has 0 amide bonds. The lowest BCUT2D eigenvalue weighted by atomic mass is 10.2. The molecule has 0 atom stereocenters. The summed E-state index contributed by atoms with van der Waals surface area (Å²) in [7, 11) is 0. The van der Waals surface area contributed by atoms with E-state index in [1.165, 1.54) is 19.3 Å². The van der Waals surface area contributed by atoms with Crippen LogP contribution in [-0.2, 0) is 0 Å². The largest absolute Gasteiger partial charge is 0.120 e. The Morgan fingerprint density at radius 2 is 2.00 bits per heavy atom. The number of hydrogen-bond donors (Lipinski definition) is 0. The molecule has 0 rings (SSSR count). The summed E-state index contributed by atoms with van der Waals surface area (Å²) in [5.41, 5.74) is 0. The van der Waals surface area contributed by atoms with Gasteiger partial charge < -0.3 is 0 Å². The van der Waals surface area contributed by atoms with Gasteiger partial charge >= 0.3 is 0 Å². The highest BCUT2D eigenvalue weighted by Gasteiger charge is 1.77. The molecule has 1 heteroatoms. The lowest BCUT2D eigenvalue weighted by Crippen LogP contribution is -1.68. The van der Waals surface area contributed by atoms with E-state index >= 15 is 0 Å². The summed E-state index contributed by atoms with van der Waals surface area (Å²) in [6, 6.07) is 0. The summed E-state index contributed by atoms with van der Waals surface area (Å²) in [6.45, 7) is 2.18. The lowest BCUT2D eigenvalue weighted by molar-refractivity contribution is 0.737. The molecule has 0 aliphatic heterocycles. The van der Waals surface area contributed by atoms with E-state index in [1.54, 1.807) is 0 Å². The standard InChI is InChI=1S/C7H12.BrH/c1-3-5-7-6-4-2;/h1H,4-7H2,2H3;1H. The van der Waals surface area contributed by atoms with E-state index in [9.17, 15) is 0 Å². The fourth-order valence-electron chi connectivity index (χ4n) is 0.477. The van der Waals surface area contributed by atoms with Crippen molar-refractivity contribution in [2.24, 2.45) is 0 Å². The third-order valence-corrected chi connectivity index (χ3v) is 0.925. The Bertz CT molecular complexity index is 61.3. The summed E-state index contributed by atoms with van der Waals surface area (Å²) in [5, 5.41) is 0. The van der Waals surface area contributed by atoms with E-state index in [1.807, 2.05) is 0 Å². The predicted molar refractivity (Wildman–Crippen MR) is 43.3 cm³/mol. The number of terminal acetylenes is 1. The first-order valence-electron chi connectivity index (χ1n) is 2.85. The SMILES string of the molecule is Br.C#CCCCCC. The Morgan fingerprint density at radius 3 is 2.38 bits per heavy atom. The Labute approximate surface area is 62.4 Å². The fraction of sp³-hybridized carbons (Fsp3) is 0.714. The average Bonchev–Trinajstić information content (AvgIpc) is 1.69. The second-order valence-corrected chi connectivity index (χ2v) is 1.66. The average molecular weight is 177 g/mol. The van der Waals surface area contributed by atoms with Crippen molar-refractivity contribution in [3.8, 4) is 12.3 Å². The van der Waals surface area contributed by atoms with Crippen LogP contribution in [0.15, 0.2) is 0 Å². The van der Waals surface area contributed by atoms with E-state index in [0.29, 0.717) is 0 Å². The molecule has 0 saturated heterocycles.